The van der Waals surface area contributed by atoms with Gasteiger partial charge in [0.1, 0.15) is 6.61 Å². The number of methoxy groups -OCH3 is 1. The summed E-state index contributed by atoms with van der Waals surface area (Å²) in [6.07, 6.45) is -0.266. The van der Waals surface area contributed by atoms with Crippen LogP contribution < -0.4 is 0 Å². The van der Waals surface area contributed by atoms with Crippen LogP contribution in [-0.4, -0.2) is 50.7 Å². The van der Waals surface area contributed by atoms with Gasteiger partial charge in [0.05, 0.1) is 18.8 Å². The van der Waals surface area contributed by atoms with Crippen molar-refractivity contribution < 1.29 is 24.1 Å². The lowest BCUT2D eigenvalue weighted by Gasteiger charge is -2.14. The molecule has 0 aromatic heterocycles. The molecule has 0 aliphatic carbocycles. The first-order valence-corrected chi connectivity index (χ1v) is 5.33. The summed E-state index contributed by atoms with van der Waals surface area (Å²) in [7, 11) is 3.25. The zero-order chi connectivity index (χ0) is 13.0. The van der Waals surface area contributed by atoms with Gasteiger partial charge in [0.25, 0.3) is 0 Å². The van der Waals surface area contributed by atoms with Gasteiger partial charge in [-0.1, -0.05) is 6.92 Å². The topological polar surface area (TPSA) is 65.0 Å². The first-order chi connectivity index (χ1) is 7.47. The molecule has 0 aromatic carbocycles. The van der Waals surface area contributed by atoms with Gasteiger partial charge in [-0.3, -0.25) is 4.79 Å². The average molecular weight is 236 g/mol. The second-order valence-electron chi connectivity index (χ2n) is 3.44. The van der Waals surface area contributed by atoms with Crippen molar-refractivity contribution >= 4 is 5.97 Å². The van der Waals surface area contributed by atoms with E-state index in [1.165, 1.54) is 0 Å². The first kappa shape index (κ1) is 17.7. The summed E-state index contributed by atoms with van der Waals surface area (Å²) in [5.74, 6) is -0.229. The standard InChI is InChI=1S/C9H18O4.C2H6O/c1-4-9(11)13-6-8(3)12-5-7(2)10;1-3-2/h7-8,10H,4-6H2,1-3H3;1-2H3. The van der Waals surface area contributed by atoms with Crippen LogP contribution >= 0.6 is 0 Å². The molecular weight excluding hydrogens is 212 g/mol. The summed E-state index contributed by atoms with van der Waals surface area (Å²) in [5, 5.41) is 8.89. The molecule has 0 heterocycles. The predicted molar refractivity (Wildman–Crippen MR) is 61.3 cm³/mol. The average Bonchev–Trinajstić information content (AvgIpc) is 2.24. The Balaban J connectivity index is 0. The van der Waals surface area contributed by atoms with Gasteiger partial charge in [0, 0.05) is 20.6 Å². The Morgan fingerprint density at radius 3 is 2.12 bits per heavy atom. The van der Waals surface area contributed by atoms with Crippen molar-refractivity contribution in [2.75, 3.05) is 27.4 Å². The third kappa shape index (κ3) is 15.8. The lowest BCUT2D eigenvalue weighted by atomic mass is 10.4. The molecule has 0 amide bonds. The molecular formula is C11H24O5. The van der Waals surface area contributed by atoms with Gasteiger partial charge >= 0.3 is 5.97 Å². The highest BCUT2D eigenvalue weighted by atomic mass is 16.6. The second kappa shape index (κ2) is 12.4. The maximum atomic E-state index is 10.7. The van der Waals surface area contributed by atoms with Gasteiger partial charge in [0.15, 0.2) is 0 Å². The molecule has 0 aromatic rings. The minimum atomic E-state index is -0.482. The molecule has 2 atom stereocenters. The number of aliphatic hydroxyl groups excluding tert-OH is 1. The van der Waals surface area contributed by atoms with Gasteiger partial charge in [-0.25, -0.2) is 0 Å². The summed E-state index contributed by atoms with van der Waals surface area (Å²) < 4.78 is 14.3. The van der Waals surface area contributed by atoms with E-state index in [9.17, 15) is 4.79 Å². The second-order valence-corrected chi connectivity index (χ2v) is 3.44. The smallest absolute Gasteiger partial charge is 0.305 e. The number of esters is 1. The van der Waals surface area contributed by atoms with Gasteiger partial charge in [0.2, 0.25) is 0 Å². The predicted octanol–water partition coefficient (Wildman–Crippen LogP) is 0.988. The minimum Gasteiger partial charge on any atom is -0.463 e. The molecule has 16 heavy (non-hydrogen) atoms. The fourth-order valence-electron chi connectivity index (χ4n) is 0.664. The molecule has 2 unspecified atom stereocenters. The summed E-state index contributed by atoms with van der Waals surface area (Å²) in [5.41, 5.74) is 0. The SMILES string of the molecule is CCC(=O)OCC(C)OCC(C)O.COC. The van der Waals surface area contributed by atoms with E-state index in [0.29, 0.717) is 6.42 Å². The van der Waals surface area contributed by atoms with Crippen LogP contribution in [0.3, 0.4) is 0 Å². The van der Waals surface area contributed by atoms with Crippen LogP contribution in [0.15, 0.2) is 0 Å². The van der Waals surface area contributed by atoms with Crippen molar-refractivity contribution in [2.45, 2.75) is 39.4 Å². The summed E-state index contributed by atoms with van der Waals surface area (Å²) in [4.78, 5) is 10.7. The molecule has 0 saturated heterocycles. The normalized spacial score (nSPS) is 13.4. The van der Waals surface area contributed by atoms with Crippen LogP contribution in [0.1, 0.15) is 27.2 Å². The maximum absolute atomic E-state index is 10.7. The molecule has 1 N–H and O–H groups in total. The van der Waals surface area contributed by atoms with Gasteiger partial charge in [-0.05, 0) is 13.8 Å². The molecule has 0 fully saturated rings. The Labute approximate surface area is 97.7 Å². The Kier molecular flexibility index (Phi) is 13.8. The molecule has 0 bridgehead atoms. The third-order valence-electron chi connectivity index (χ3n) is 1.39. The van der Waals surface area contributed by atoms with Gasteiger partial charge < -0.3 is 19.3 Å². The summed E-state index contributed by atoms with van der Waals surface area (Å²) >= 11 is 0. The Morgan fingerprint density at radius 2 is 1.75 bits per heavy atom. The van der Waals surface area contributed by atoms with Crippen molar-refractivity contribution in [3.8, 4) is 0 Å². The van der Waals surface area contributed by atoms with Crippen molar-refractivity contribution in [3.63, 3.8) is 0 Å². The Morgan fingerprint density at radius 1 is 1.25 bits per heavy atom. The number of carbonyl (C=O) groups excluding carboxylic acids is 1. The number of aliphatic hydroxyl groups is 1. The lowest BCUT2D eigenvalue weighted by molar-refractivity contribution is -0.147. The largest absolute Gasteiger partial charge is 0.463 e. The van der Waals surface area contributed by atoms with E-state index in [4.69, 9.17) is 14.6 Å². The van der Waals surface area contributed by atoms with E-state index in [1.807, 2.05) is 0 Å². The molecule has 0 rings (SSSR count). The number of ether oxygens (including phenoxy) is 3. The van der Waals surface area contributed by atoms with Crippen molar-refractivity contribution in [3.05, 3.63) is 0 Å². The molecule has 0 saturated carbocycles. The Bertz CT molecular complexity index is 158. The molecule has 0 radical (unpaired) electrons. The highest BCUT2D eigenvalue weighted by Crippen LogP contribution is 1.95. The summed E-state index contributed by atoms with van der Waals surface area (Å²) in [6.45, 7) is 5.70. The van der Waals surface area contributed by atoms with Crippen molar-refractivity contribution in [1.29, 1.82) is 0 Å². The zero-order valence-corrected chi connectivity index (χ0v) is 10.9. The van der Waals surface area contributed by atoms with Crippen LogP contribution in [0.4, 0.5) is 0 Å². The van der Waals surface area contributed by atoms with E-state index in [0.717, 1.165) is 0 Å². The van der Waals surface area contributed by atoms with Crippen LogP contribution in [0, 0.1) is 0 Å². The number of hydrogen-bond donors (Lipinski definition) is 1. The molecule has 0 aliphatic rings. The van der Waals surface area contributed by atoms with E-state index < -0.39 is 6.10 Å². The fourth-order valence-corrected chi connectivity index (χ4v) is 0.664. The molecule has 0 spiro atoms. The quantitative estimate of drug-likeness (QED) is 0.697. The summed E-state index contributed by atoms with van der Waals surface area (Å²) in [6, 6.07) is 0. The number of hydrogen-bond acceptors (Lipinski definition) is 5. The fraction of sp³-hybridized carbons (Fsp3) is 0.909. The first-order valence-electron chi connectivity index (χ1n) is 5.33. The highest BCUT2D eigenvalue weighted by molar-refractivity contribution is 5.68. The van der Waals surface area contributed by atoms with E-state index >= 15 is 0 Å². The maximum Gasteiger partial charge on any atom is 0.305 e. The number of carbonyl (C=O) groups is 1. The van der Waals surface area contributed by atoms with E-state index in [2.05, 4.69) is 4.74 Å². The molecule has 5 heteroatoms. The zero-order valence-electron chi connectivity index (χ0n) is 10.9. The monoisotopic (exact) mass is 236 g/mol. The van der Waals surface area contributed by atoms with E-state index in [1.54, 1.807) is 35.0 Å². The molecule has 0 aliphatic heterocycles. The minimum absolute atomic E-state index is 0.162. The van der Waals surface area contributed by atoms with Crippen LogP contribution in [0.5, 0.6) is 0 Å². The number of rotatable bonds is 6. The molecule has 5 nitrogen and oxygen atoms in total. The van der Waals surface area contributed by atoms with Gasteiger partial charge in [-0.15, -0.1) is 0 Å². The van der Waals surface area contributed by atoms with Crippen LogP contribution in [0.2, 0.25) is 0 Å². The highest BCUT2D eigenvalue weighted by Gasteiger charge is 2.06. The van der Waals surface area contributed by atoms with Crippen LogP contribution in [-0.2, 0) is 19.0 Å². The Hall–Kier alpha value is -0.650. The van der Waals surface area contributed by atoms with E-state index in [-0.39, 0.29) is 25.3 Å². The molecule has 98 valence electrons. The van der Waals surface area contributed by atoms with Crippen molar-refractivity contribution in [1.82, 2.24) is 0 Å². The third-order valence-corrected chi connectivity index (χ3v) is 1.39. The van der Waals surface area contributed by atoms with Crippen LogP contribution in [0.25, 0.3) is 0 Å². The van der Waals surface area contributed by atoms with Gasteiger partial charge in [-0.2, -0.15) is 0 Å². The van der Waals surface area contributed by atoms with Crippen molar-refractivity contribution in [2.24, 2.45) is 0 Å². The lowest BCUT2D eigenvalue weighted by Crippen LogP contribution is -2.22.